The molecule has 6 heteroatoms. The van der Waals surface area contributed by atoms with E-state index in [9.17, 15) is 5.11 Å². The molecule has 0 aliphatic heterocycles. The van der Waals surface area contributed by atoms with E-state index in [1.807, 2.05) is 0 Å². The van der Waals surface area contributed by atoms with Gasteiger partial charge in [-0.2, -0.15) is 0 Å². The molecule has 6 nitrogen and oxygen atoms in total. The fraction of sp³-hybridized carbons (Fsp3) is 0.300. The zero-order valence-corrected chi connectivity index (χ0v) is 9.03. The van der Waals surface area contributed by atoms with E-state index >= 15 is 0 Å². The zero-order valence-electron chi connectivity index (χ0n) is 9.03. The molecule has 0 saturated carbocycles. The number of ether oxygens (including phenoxy) is 1. The quantitative estimate of drug-likeness (QED) is 0.805. The van der Waals surface area contributed by atoms with Gasteiger partial charge in [0.05, 0.1) is 25.3 Å². The van der Waals surface area contributed by atoms with Crippen LogP contribution in [-0.2, 0) is 7.05 Å². The highest BCUT2D eigenvalue weighted by molar-refractivity contribution is 5.26. The smallest absolute Gasteiger partial charge is 0.238 e. The Hall–Kier alpha value is -1.95. The van der Waals surface area contributed by atoms with Crippen LogP contribution in [0.5, 0.6) is 5.88 Å². The Morgan fingerprint density at radius 1 is 1.38 bits per heavy atom. The summed E-state index contributed by atoms with van der Waals surface area (Å²) in [4.78, 5) is 12.0. The second-order valence-electron chi connectivity index (χ2n) is 3.28. The van der Waals surface area contributed by atoms with Crippen LogP contribution in [0, 0.1) is 0 Å². The highest BCUT2D eigenvalue weighted by Crippen LogP contribution is 2.25. The van der Waals surface area contributed by atoms with E-state index in [-0.39, 0.29) is 0 Å². The monoisotopic (exact) mass is 220 g/mol. The lowest BCUT2D eigenvalue weighted by molar-refractivity contribution is 0.199. The predicted octanol–water partition coefficient (Wildman–Crippen LogP) is 0.300. The third kappa shape index (κ3) is 1.74. The molecule has 16 heavy (non-hydrogen) atoms. The van der Waals surface area contributed by atoms with E-state index < -0.39 is 6.10 Å². The summed E-state index contributed by atoms with van der Waals surface area (Å²) in [6.45, 7) is 0. The Morgan fingerprint density at radius 3 is 2.75 bits per heavy atom. The Labute approximate surface area is 92.6 Å². The maximum atomic E-state index is 10.1. The maximum Gasteiger partial charge on any atom is 0.238 e. The number of rotatable bonds is 3. The Kier molecular flexibility index (Phi) is 2.82. The van der Waals surface area contributed by atoms with Gasteiger partial charge < -0.3 is 14.4 Å². The summed E-state index contributed by atoms with van der Waals surface area (Å²) in [5.41, 5.74) is 1.02. The van der Waals surface area contributed by atoms with E-state index in [2.05, 4.69) is 15.0 Å². The van der Waals surface area contributed by atoms with Crippen LogP contribution in [0.3, 0.4) is 0 Å². The van der Waals surface area contributed by atoms with Crippen molar-refractivity contribution in [2.45, 2.75) is 6.10 Å². The van der Waals surface area contributed by atoms with Crippen molar-refractivity contribution in [3.05, 3.63) is 36.3 Å². The first-order valence-corrected chi connectivity index (χ1v) is 4.73. The van der Waals surface area contributed by atoms with Crippen LogP contribution in [0.2, 0.25) is 0 Å². The topological polar surface area (TPSA) is 73.1 Å². The predicted molar refractivity (Wildman–Crippen MR) is 55.9 cm³/mol. The van der Waals surface area contributed by atoms with Gasteiger partial charge >= 0.3 is 0 Å². The van der Waals surface area contributed by atoms with Gasteiger partial charge in [-0.1, -0.05) is 0 Å². The molecule has 0 aliphatic rings. The lowest BCUT2D eigenvalue weighted by atomic mass is 10.2. The number of imidazole rings is 1. The van der Waals surface area contributed by atoms with Crippen molar-refractivity contribution in [3.63, 3.8) is 0 Å². The highest BCUT2D eigenvalue weighted by Gasteiger charge is 2.20. The summed E-state index contributed by atoms with van der Waals surface area (Å²) in [5, 5.41) is 10.1. The Bertz CT molecular complexity index is 483. The zero-order chi connectivity index (χ0) is 11.5. The highest BCUT2D eigenvalue weighted by atomic mass is 16.5. The first-order valence-electron chi connectivity index (χ1n) is 4.73. The minimum atomic E-state index is -0.892. The molecule has 0 radical (unpaired) electrons. The lowest BCUT2D eigenvalue weighted by Gasteiger charge is -2.12. The summed E-state index contributed by atoms with van der Waals surface area (Å²) in [6, 6.07) is 0. The molecule has 0 bridgehead atoms. The summed E-state index contributed by atoms with van der Waals surface area (Å²) < 4.78 is 6.76. The van der Waals surface area contributed by atoms with Crippen LogP contribution in [0.4, 0.5) is 0 Å². The van der Waals surface area contributed by atoms with Gasteiger partial charge in [0.2, 0.25) is 5.88 Å². The summed E-state index contributed by atoms with van der Waals surface area (Å²) in [7, 11) is 3.29. The minimum absolute atomic E-state index is 0.316. The fourth-order valence-electron chi connectivity index (χ4n) is 1.45. The molecule has 0 aliphatic carbocycles. The second kappa shape index (κ2) is 4.28. The molecule has 2 aromatic heterocycles. The van der Waals surface area contributed by atoms with Gasteiger partial charge in [-0.05, 0) is 0 Å². The van der Waals surface area contributed by atoms with Crippen molar-refractivity contribution in [2.24, 2.45) is 7.05 Å². The maximum absolute atomic E-state index is 10.1. The molecular weight excluding hydrogens is 208 g/mol. The largest absolute Gasteiger partial charge is 0.480 e. The van der Waals surface area contributed by atoms with Gasteiger partial charge in [0.1, 0.15) is 11.8 Å². The average Bonchev–Trinajstić information content (AvgIpc) is 2.74. The molecule has 0 aromatic carbocycles. The van der Waals surface area contributed by atoms with E-state index in [0.29, 0.717) is 17.3 Å². The molecule has 2 rings (SSSR count). The van der Waals surface area contributed by atoms with E-state index in [1.165, 1.54) is 19.5 Å². The number of methoxy groups -OCH3 is 1. The van der Waals surface area contributed by atoms with Gasteiger partial charge in [-0.3, -0.25) is 4.98 Å². The number of aliphatic hydroxyl groups is 1. The molecular formula is C10H12N4O2. The van der Waals surface area contributed by atoms with Crippen LogP contribution < -0.4 is 4.74 Å². The van der Waals surface area contributed by atoms with Crippen molar-refractivity contribution >= 4 is 0 Å². The molecule has 2 aromatic rings. The molecule has 0 spiro atoms. The first kappa shape index (κ1) is 10.6. The van der Waals surface area contributed by atoms with Crippen LogP contribution in [0.1, 0.15) is 17.5 Å². The molecule has 0 amide bonds. The van der Waals surface area contributed by atoms with Crippen LogP contribution in [0.25, 0.3) is 0 Å². The van der Waals surface area contributed by atoms with Crippen molar-refractivity contribution in [1.82, 2.24) is 19.5 Å². The van der Waals surface area contributed by atoms with Crippen LogP contribution in [-0.4, -0.2) is 31.7 Å². The van der Waals surface area contributed by atoms with Crippen molar-refractivity contribution in [3.8, 4) is 5.88 Å². The molecule has 2 heterocycles. The Balaban J connectivity index is 2.41. The summed E-state index contributed by atoms with van der Waals surface area (Å²) in [6.07, 6.45) is 5.33. The number of hydrogen-bond acceptors (Lipinski definition) is 5. The van der Waals surface area contributed by atoms with Crippen molar-refractivity contribution in [1.29, 1.82) is 0 Å². The SMILES string of the molecule is COc1nccnc1C(O)c1cncn1C. The number of aliphatic hydroxyl groups excluding tert-OH is 1. The van der Waals surface area contributed by atoms with Crippen LogP contribution >= 0.6 is 0 Å². The number of nitrogens with zero attached hydrogens (tertiary/aromatic N) is 4. The number of aryl methyl sites for hydroxylation is 1. The van der Waals surface area contributed by atoms with Crippen molar-refractivity contribution in [2.75, 3.05) is 7.11 Å². The third-order valence-electron chi connectivity index (χ3n) is 2.28. The summed E-state index contributed by atoms with van der Waals surface area (Å²) >= 11 is 0. The Morgan fingerprint density at radius 2 is 2.12 bits per heavy atom. The average molecular weight is 220 g/mol. The first-order chi connectivity index (χ1) is 7.74. The van der Waals surface area contributed by atoms with Gasteiger partial charge in [-0.15, -0.1) is 0 Å². The third-order valence-corrected chi connectivity index (χ3v) is 2.28. The summed E-state index contributed by atoms with van der Waals surface area (Å²) in [5.74, 6) is 0.316. The molecule has 1 atom stereocenters. The van der Waals surface area contributed by atoms with Gasteiger partial charge in [0.15, 0.2) is 0 Å². The minimum Gasteiger partial charge on any atom is -0.480 e. The van der Waals surface area contributed by atoms with Crippen molar-refractivity contribution < 1.29 is 9.84 Å². The van der Waals surface area contributed by atoms with E-state index in [0.717, 1.165) is 0 Å². The number of aromatic nitrogens is 4. The van der Waals surface area contributed by atoms with Gasteiger partial charge in [0, 0.05) is 19.4 Å². The van der Waals surface area contributed by atoms with Crippen LogP contribution in [0.15, 0.2) is 24.9 Å². The van der Waals surface area contributed by atoms with E-state index in [1.54, 1.807) is 24.1 Å². The molecule has 1 N–H and O–H groups in total. The van der Waals surface area contributed by atoms with E-state index in [4.69, 9.17) is 4.74 Å². The van der Waals surface area contributed by atoms with Gasteiger partial charge in [-0.25, -0.2) is 9.97 Å². The number of hydrogen-bond donors (Lipinski definition) is 1. The van der Waals surface area contributed by atoms with Gasteiger partial charge in [0.25, 0.3) is 0 Å². The fourth-order valence-corrected chi connectivity index (χ4v) is 1.45. The molecule has 0 fully saturated rings. The lowest BCUT2D eigenvalue weighted by Crippen LogP contribution is -2.09. The molecule has 1 unspecified atom stereocenters. The molecule has 0 saturated heterocycles. The second-order valence-corrected chi connectivity index (χ2v) is 3.28. The normalized spacial score (nSPS) is 12.4. The standard InChI is InChI=1S/C10H12N4O2/c1-14-6-11-5-7(14)9(15)8-10(16-2)13-4-3-12-8/h3-6,9,15H,1-2H3. The molecule has 84 valence electrons.